The van der Waals surface area contributed by atoms with Gasteiger partial charge in [-0.1, -0.05) is 0 Å². The first-order chi connectivity index (χ1) is 7.16. The van der Waals surface area contributed by atoms with Crippen LogP contribution in [-0.4, -0.2) is 16.1 Å². The molecule has 2 rings (SSSR count). The molecule has 0 fully saturated rings. The first kappa shape index (κ1) is 10.4. The molecule has 0 saturated heterocycles. The van der Waals surface area contributed by atoms with Crippen LogP contribution in [-0.2, 0) is 0 Å². The molecule has 0 unspecified atom stereocenters. The number of carbonyl (C=O) groups is 1. The Morgan fingerprint density at radius 1 is 1.67 bits per heavy atom. The lowest BCUT2D eigenvalue weighted by Gasteiger charge is -2.00. The number of hydrogen-bond acceptors (Lipinski definition) is 3. The third-order valence-corrected chi connectivity index (χ3v) is 3.40. The molecule has 6 heteroatoms. The van der Waals surface area contributed by atoms with Crippen LogP contribution in [0.15, 0.2) is 21.4 Å². The number of aromatic nitrogens is 2. The van der Waals surface area contributed by atoms with Gasteiger partial charge in [-0.2, -0.15) is 5.10 Å². The Labute approximate surface area is 98.8 Å². The molecular formula is C9H8BrN3OS. The molecule has 0 spiro atoms. The number of rotatable bonds is 2. The Morgan fingerprint density at radius 2 is 2.47 bits per heavy atom. The van der Waals surface area contributed by atoms with Crippen LogP contribution in [0.1, 0.15) is 15.9 Å². The van der Waals surface area contributed by atoms with Crippen molar-refractivity contribution in [3.05, 3.63) is 32.6 Å². The number of hydrogen-bond donors (Lipinski definition) is 2. The number of aryl methyl sites for hydroxylation is 1. The highest BCUT2D eigenvalue weighted by Gasteiger charge is 2.10. The zero-order valence-electron chi connectivity index (χ0n) is 7.87. The maximum Gasteiger partial charge on any atom is 0.257 e. The van der Waals surface area contributed by atoms with Gasteiger partial charge in [0.1, 0.15) is 5.82 Å². The topological polar surface area (TPSA) is 57.8 Å². The zero-order chi connectivity index (χ0) is 10.8. The summed E-state index contributed by atoms with van der Waals surface area (Å²) in [5, 5.41) is 11.1. The molecule has 2 heterocycles. The molecular weight excluding hydrogens is 278 g/mol. The summed E-state index contributed by atoms with van der Waals surface area (Å²) in [5.41, 5.74) is 1.55. The summed E-state index contributed by atoms with van der Waals surface area (Å²) in [6.07, 6.45) is 1.67. The summed E-state index contributed by atoms with van der Waals surface area (Å²) in [7, 11) is 0. The highest BCUT2D eigenvalue weighted by molar-refractivity contribution is 9.11. The highest BCUT2D eigenvalue weighted by Crippen LogP contribution is 2.21. The standard InChI is InChI=1S/C9H8BrN3OS/c1-5-3-11-13-8(5)12-9(14)6-2-7(10)15-4-6/h2-4H,1H3,(H2,11,12,13,14). The zero-order valence-corrected chi connectivity index (χ0v) is 10.3. The average Bonchev–Trinajstić information content (AvgIpc) is 2.77. The summed E-state index contributed by atoms with van der Waals surface area (Å²) in [6, 6.07) is 1.78. The van der Waals surface area contributed by atoms with Crippen molar-refractivity contribution in [2.75, 3.05) is 5.32 Å². The average molecular weight is 286 g/mol. The van der Waals surface area contributed by atoms with Crippen molar-refractivity contribution in [2.24, 2.45) is 0 Å². The third-order valence-electron chi connectivity index (χ3n) is 1.90. The van der Waals surface area contributed by atoms with E-state index >= 15 is 0 Å². The third kappa shape index (κ3) is 2.27. The lowest BCUT2D eigenvalue weighted by Crippen LogP contribution is -2.11. The minimum Gasteiger partial charge on any atom is -0.307 e. The van der Waals surface area contributed by atoms with Crippen LogP contribution < -0.4 is 5.32 Å². The molecule has 2 aromatic rings. The largest absolute Gasteiger partial charge is 0.307 e. The molecule has 0 aliphatic heterocycles. The monoisotopic (exact) mass is 285 g/mol. The van der Waals surface area contributed by atoms with Gasteiger partial charge in [-0.05, 0) is 28.9 Å². The first-order valence-corrected chi connectivity index (χ1v) is 5.89. The Balaban J connectivity index is 2.14. The van der Waals surface area contributed by atoms with Crippen molar-refractivity contribution in [1.82, 2.24) is 10.2 Å². The number of anilines is 1. The van der Waals surface area contributed by atoms with E-state index in [4.69, 9.17) is 0 Å². The van der Waals surface area contributed by atoms with E-state index in [1.165, 1.54) is 11.3 Å². The van der Waals surface area contributed by atoms with Crippen molar-refractivity contribution in [2.45, 2.75) is 6.92 Å². The number of nitrogens with zero attached hydrogens (tertiary/aromatic N) is 1. The summed E-state index contributed by atoms with van der Waals surface area (Å²) in [5.74, 6) is 0.506. The van der Waals surface area contributed by atoms with Gasteiger partial charge in [-0.15, -0.1) is 11.3 Å². The maximum absolute atomic E-state index is 11.7. The van der Waals surface area contributed by atoms with Gasteiger partial charge in [0.25, 0.3) is 5.91 Å². The van der Waals surface area contributed by atoms with Crippen LogP contribution in [0.25, 0.3) is 0 Å². The highest BCUT2D eigenvalue weighted by atomic mass is 79.9. The predicted octanol–water partition coefficient (Wildman–Crippen LogP) is 2.79. The lowest BCUT2D eigenvalue weighted by atomic mass is 10.3. The Morgan fingerprint density at radius 3 is 3.00 bits per heavy atom. The van der Waals surface area contributed by atoms with Gasteiger partial charge >= 0.3 is 0 Å². The van der Waals surface area contributed by atoms with E-state index in [-0.39, 0.29) is 5.91 Å². The lowest BCUT2D eigenvalue weighted by molar-refractivity contribution is 0.102. The SMILES string of the molecule is Cc1cn[nH]c1NC(=O)c1csc(Br)c1. The number of H-pyrrole nitrogens is 1. The molecule has 2 aromatic heterocycles. The fourth-order valence-corrected chi connectivity index (χ4v) is 2.22. The molecule has 0 radical (unpaired) electrons. The summed E-state index contributed by atoms with van der Waals surface area (Å²) < 4.78 is 0.939. The van der Waals surface area contributed by atoms with Crippen molar-refractivity contribution < 1.29 is 4.79 Å². The number of thiophene rings is 1. The molecule has 2 N–H and O–H groups in total. The molecule has 0 aliphatic carbocycles. The Hall–Kier alpha value is -1.14. The van der Waals surface area contributed by atoms with Crippen LogP contribution in [0.4, 0.5) is 5.82 Å². The van der Waals surface area contributed by atoms with Gasteiger partial charge in [0, 0.05) is 10.9 Å². The van der Waals surface area contributed by atoms with Crippen LogP contribution in [0.5, 0.6) is 0 Å². The van der Waals surface area contributed by atoms with Crippen LogP contribution >= 0.6 is 27.3 Å². The van der Waals surface area contributed by atoms with E-state index in [9.17, 15) is 4.79 Å². The van der Waals surface area contributed by atoms with Gasteiger partial charge in [0.15, 0.2) is 0 Å². The fraction of sp³-hybridized carbons (Fsp3) is 0.111. The van der Waals surface area contributed by atoms with Gasteiger partial charge in [0.05, 0.1) is 15.5 Å². The second-order valence-electron chi connectivity index (χ2n) is 3.02. The van der Waals surface area contributed by atoms with E-state index in [2.05, 4.69) is 31.4 Å². The molecule has 0 aromatic carbocycles. The number of amides is 1. The number of nitrogens with one attached hydrogen (secondary N) is 2. The van der Waals surface area contributed by atoms with Crippen LogP contribution in [0.3, 0.4) is 0 Å². The number of aromatic amines is 1. The van der Waals surface area contributed by atoms with E-state index in [1.54, 1.807) is 17.6 Å². The molecule has 0 aliphatic rings. The fourth-order valence-electron chi connectivity index (χ4n) is 1.09. The van der Waals surface area contributed by atoms with Gasteiger partial charge in [-0.3, -0.25) is 9.89 Å². The first-order valence-electron chi connectivity index (χ1n) is 4.22. The summed E-state index contributed by atoms with van der Waals surface area (Å²) in [4.78, 5) is 11.7. The summed E-state index contributed by atoms with van der Waals surface area (Å²) >= 11 is 4.79. The molecule has 0 atom stereocenters. The second-order valence-corrected chi connectivity index (χ2v) is 5.31. The van der Waals surface area contributed by atoms with Crippen molar-refractivity contribution in [3.63, 3.8) is 0 Å². The Kier molecular flexibility index (Phi) is 2.88. The minimum atomic E-state index is -0.135. The normalized spacial score (nSPS) is 10.3. The van der Waals surface area contributed by atoms with Crippen molar-refractivity contribution in [3.8, 4) is 0 Å². The van der Waals surface area contributed by atoms with E-state index in [1.807, 2.05) is 6.92 Å². The van der Waals surface area contributed by atoms with Crippen molar-refractivity contribution in [1.29, 1.82) is 0 Å². The smallest absolute Gasteiger partial charge is 0.257 e. The Bertz CT molecular complexity index is 491. The molecule has 1 amide bonds. The second kappa shape index (κ2) is 4.16. The van der Waals surface area contributed by atoms with E-state index < -0.39 is 0 Å². The van der Waals surface area contributed by atoms with Gasteiger partial charge < -0.3 is 5.32 Å². The number of halogens is 1. The number of carbonyl (C=O) groups excluding carboxylic acids is 1. The van der Waals surface area contributed by atoms with Crippen molar-refractivity contribution >= 4 is 39.0 Å². The molecule has 0 saturated carbocycles. The molecule has 78 valence electrons. The molecule has 15 heavy (non-hydrogen) atoms. The van der Waals surface area contributed by atoms with Gasteiger partial charge in [-0.25, -0.2) is 0 Å². The molecule has 0 bridgehead atoms. The van der Waals surface area contributed by atoms with Crippen LogP contribution in [0.2, 0.25) is 0 Å². The quantitative estimate of drug-likeness (QED) is 0.891. The minimum absolute atomic E-state index is 0.135. The van der Waals surface area contributed by atoms with Gasteiger partial charge in [0.2, 0.25) is 0 Å². The van der Waals surface area contributed by atoms with Crippen LogP contribution in [0, 0.1) is 6.92 Å². The maximum atomic E-state index is 11.7. The molecule has 4 nitrogen and oxygen atoms in total. The van der Waals surface area contributed by atoms with E-state index in [0.717, 1.165) is 9.35 Å². The predicted molar refractivity (Wildman–Crippen MR) is 63.3 cm³/mol. The summed E-state index contributed by atoms with van der Waals surface area (Å²) in [6.45, 7) is 1.88. The van der Waals surface area contributed by atoms with E-state index in [0.29, 0.717) is 11.4 Å².